The summed E-state index contributed by atoms with van der Waals surface area (Å²) in [7, 11) is 0. The molecule has 0 aliphatic heterocycles. The Balaban J connectivity index is 1.10. The minimum absolute atomic E-state index is 1.10. The van der Waals surface area contributed by atoms with Crippen LogP contribution in [0.5, 0.6) is 0 Å². The van der Waals surface area contributed by atoms with E-state index >= 15 is 0 Å². The van der Waals surface area contributed by atoms with Gasteiger partial charge in [-0.3, -0.25) is 0 Å². The number of thiophene rings is 2. The third-order valence-corrected chi connectivity index (χ3v) is 14.2. The van der Waals surface area contributed by atoms with E-state index in [-0.39, 0.29) is 0 Å². The summed E-state index contributed by atoms with van der Waals surface area (Å²) in [4.78, 5) is 4.98. The molecule has 0 unspecified atom stereocenters. The Morgan fingerprint density at radius 2 is 0.700 bits per heavy atom. The van der Waals surface area contributed by atoms with E-state index < -0.39 is 0 Å². The molecule has 282 valence electrons. The maximum atomic E-state index is 2.50. The number of nitrogens with zero attached hydrogens (tertiary/aromatic N) is 2. The fraction of sp³-hybridized carbons (Fsp3) is 0. The third-order valence-electron chi connectivity index (χ3n) is 11.8. The fourth-order valence-electron chi connectivity index (χ4n) is 9.15. The molecule has 0 aliphatic rings. The molecule has 0 saturated heterocycles. The molecule has 12 aromatic rings. The van der Waals surface area contributed by atoms with Crippen molar-refractivity contribution in [3.05, 3.63) is 218 Å². The Kier molecular flexibility index (Phi) is 8.25. The number of benzene rings is 10. The zero-order valence-corrected chi connectivity index (χ0v) is 34.1. The van der Waals surface area contributed by atoms with Gasteiger partial charge in [0.1, 0.15) is 0 Å². The second kappa shape index (κ2) is 14.2. The molecular weight excluding hydrogens is 765 g/mol. The van der Waals surface area contributed by atoms with Crippen LogP contribution in [0.3, 0.4) is 0 Å². The molecule has 0 bridgehead atoms. The van der Waals surface area contributed by atoms with Gasteiger partial charge in [0.05, 0.1) is 37.8 Å². The van der Waals surface area contributed by atoms with E-state index in [1.165, 1.54) is 73.3 Å². The standard InChI is InChI=1S/C56H36N2S2/c1-3-22-41-37(16-1)18-12-30-48(41)57(51-32-14-27-46-44-25-6-9-34-53(44)59-55(46)51)40-21-11-20-39(36-40)43-24-5-8-29-49(43)58(50-31-13-19-38-17-2-4-23-42(38)50)52-33-15-28-47-45-26-7-10-35-54(45)60-56(47)52/h1-36H. The molecular formula is C56H36N2S2. The molecule has 10 aromatic carbocycles. The fourth-order valence-corrected chi connectivity index (χ4v) is 11.6. The largest absolute Gasteiger partial charge is 0.308 e. The van der Waals surface area contributed by atoms with Crippen LogP contribution in [0.4, 0.5) is 34.1 Å². The zero-order chi connectivity index (χ0) is 39.6. The summed E-state index contributed by atoms with van der Waals surface area (Å²) in [5.41, 5.74) is 9.17. The van der Waals surface area contributed by atoms with E-state index in [2.05, 4.69) is 228 Å². The van der Waals surface area contributed by atoms with Gasteiger partial charge in [0.15, 0.2) is 0 Å². The summed E-state index contributed by atoms with van der Waals surface area (Å²) in [6.45, 7) is 0. The van der Waals surface area contributed by atoms with Crippen LogP contribution in [0, 0.1) is 0 Å². The van der Waals surface area contributed by atoms with Gasteiger partial charge >= 0.3 is 0 Å². The van der Waals surface area contributed by atoms with Crippen LogP contribution in [0.2, 0.25) is 0 Å². The van der Waals surface area contributed by atoms with Crippen molar-refractivity contribution in [2.24, 2.45) is 0 Å². The third kappa shape index (κ3) is 5.60. The van der Waals surface area contributed by atoms with Crippen molar-refractivity contribution in [2.75, 3.05) is 9.80 Å². The average molecular weight is 801 g/mol. The molecule has 0 N–H and O–H groups in total. The molecule has 0 spiro atoms. The minimum Gasteiger partial charge on any atom is -0.308 e. The van der Waals surface area contributed by atoms with Crippen molar-refractivity contribution < 1.29 is 0 Å². The molecule has 0 saturated carbocycles. The summed E-state index contributed by atoms with van der Waals surface area (Å²) < 4.78 is 5.13. The van der Waals surface area contributed by atoms with Gasteiger partial charge in [-0.2, -0.15) is 0 Å². The van der Waals surface area contributed by atoms with Crippen LogP contribution in [-0.4, -0.2) is 0 Å². The predicted molar refractivity (Wildman–Crippen MR) is 262 cm³/mol. The van der Waals surface area contributed by atoms with E-state index in [0.717, 1.165) is 33.9 Å². The average Bonchev–Trinajstić information content (AvgIpc) is 3.89. The highest BCUT2D eigenvalue weighted by Gasteiger charge is 2.24. The number of anilines is 6. The van der Waals surface area contributed by atoms with Gasteiger partial charge in [0.2, 0.25) is 0 Å². The Morgan fingerprint density at radius 3 is 1.33 bits per heavy atom. The van der Waals surface area contributed by atoms with Crippen LogP contribution in [0.1, 0.15) is 0 Å². The Labute approximate surface area is 356 Å². The highest BCUT2D eigenvalue weighted by atomic mass is 32.1. The van der Waals surface area contributed by atoms with Gasteiger partial charge in [-0.25, -0.2) is 0 Å². The summed E-state index contributed by atoms with van der Waals surface area (Å²) in [5, 5.41) is 9.99. The zero-order valence-electron chi connectivity index (χ0n) is 32.5. The molecule has 60 heavy (non-hydrogen) atoms. The first-order chi connectivity index (χ1) is 29.8. The molecule has 2 heterocycles. The highest BCUT2D eigenvalue weighted by Crippen LogP contribution is 2.50. The monoisotopic (exact) mass is 800 g/mol. The molecule has 0 atom stereocenters. The molecule has 0 aliphatic carbocycles. The SMILES string of the molecule is c1cc(-c2ccccc2N(c2cccc3ccccc23)c2cccc3c2sc2ccccc23)cc(N(c2cccc3ccccc23)c2cccc3c2sc2ccccc23)c1. The van der Waals surface area contributed by atoms with Crippen molar-refractivity contribution >= 4 is 119 Å². The molecule has 0 fully saturated rings. The topological polar surface area (TPSA) is 6.48 Å². The normalized spacial score (nSPS) is 11.7. The van der Waals surface area contributed by atoms with Crippen molar-refractivity contribution in [3.8, 4) is 11.1 Å². The molecule has 4 heteroatoms. The van der Waals surface area contributed by atoms with Crippen molar-refractivity contribution in [1.82, 2.24) is 0 Å². The molecule has 0 amide bonds. The van der Waals surface area contributed by atoms with Crippen LogP contribution in [0.15, 0.2) is 218 Å². The van der Waals surface area contributed by atoms with E-state index in [9.17, 15) is 0 Å². The maximum absolute atomic E-state index is 2.50. The van der Waals surface area contributed by atoms with Crippen molar-refractivity contribution in [1.29, 1.82) is 0 Å². The van der Waals surface area contributed by atoms with Crippen LogP contribution in [0.25, 0.3) is 73.0 Å². The van der Waals surface area contributed by atoms with Gasteiger partial charge in [-0.1, -0.05) is 164 Å². The number of rotatable bonds is 7. The predicted octanol–water partition coefficient (Wildman–Crippen LogP) is 17.3. The first-order valence-corrected chi connectivity index (χ1v) is 22.0. The van der Waals surface area contributed by atoms with Gasteiger partial charge in [0.25, 0.3) is 0 Å². The van der Waals surface area contributed by atoms with Crippen molar-refractivity contribution in [3.63, 3.8) is 0 Å². The first-order valence-electron chi connectivity index (χ1n) is 20.3. The van der Waals surface area contributed by atoms with Crippen LogP contribution in [-0.2, 0) is 0 Å². The van der Waals surface area contributed by atoms with Gasteiger partial charge in [0, 0.05) is 53.0 Å². The minimum atomic E-state index is 1.10. The van der Waals surface area contributed by atoms with Crippen LogP contribution >= 0.6 is 22.7 Å². The van der Waals surface area contributed by atoms with Gasteiger partial charge < -0.3 is 9.80 Å². The number of para-hydroxylation sites is 1. The second-order valence-corrected chi connectivity index (χ2v) is 17.3. The van der Waals surface area contributed by atoms with E-state index in [0.29, 0.717) is 0 Å². The van der Waals surface area contributed by atoms with Gasteiger partial charge in [-0.05, 0) is 70.9 Å². The lowest BCUT2D eigenvalue weighted by molar-refractivity contribution is 1.30. The number of hydrogen-bond donors (Lipinski definition) is 0. The summed E-state index contributed by atoms with van der Waals surface area (Å²) in [5.74, 6) is 0. The second-order valence-electron chi connectivity index (χ2n) is 15.2. The Hall–Kier alpha value is -7.24. The van der Waals surface area contributed by atoms with E-state index in [1.54, 1.807) is 0 Å². The molecule has 2 nitrogen and oxygen atoms in total. The highest BCUT2D eigenvalue weighted by molar-refractivity contribution is 7.26. The Bertz CT molecular complexity index is 3590. The van der Waals surface area contributed by atoms with E-state index in [4.69, 9.17) is 0 Å². The van der Waals surface area contributed by atoms with E-state index in [1.807, 2.05) is 22.7 Å². The Morgan fingerprint density at radius 1 is 0.283 bits per heavy atom. The summed E-state index contributed by atoms with van der Waals surface area (Å²) in [6, 6.07) is 80.0. The maximum Gasteiger partial charge on any atom is 0.0640 e. The number of fused-ring (bicyclic) bond motifs is 8. The van der Waals surface area contributed by atoms with Crippen molar-refractivity contribution in [2.45, 2.75) is 0 Å². The molecule has 12 rings (SSSR count). The quantitative estimate of drug-likeness (QED) is 0.158. The lowest BCUT2D eigenvalue weighted by Gasteiger charge is -2.30. The lowest BCUT2D eigenvalue weighted by atomic mass is 9.99. The lowest BCUT2D eigenvalue weighted by Crippen LogP contribution is -2.12. The smallest absolute Gasteiger partial charge is 0.0640 e. The number of hydrogen-bond acceptors (Lipinski definition) is 4. The molecule has 0 radical (unpaired) electrons. The van der Waals surface area contributed by atoms with Crippen LogP contribution < -0.4 is 9.80 Å². The first kappa shape index (κ1) is 34.8. The summed E-state index contributed by atoms with van der Waals surface area (Å²) >= 11 is 3.74. The summed E-state index contributed by atoms with van der Waals surface area (Å²) in [6.07, 6.45) is 0. The molecule has 2 aromatic heterocycles. The van der Waals surface area contributed by atoms with Gasteiger partial charge in [-0.15, -0.1) is 22.7 Å².